The number of amides is 2. The number of alkyl halides is 5. The Morgan fingerprint density at radius 3 is 2.12 bits per heavy atom. The van der Waals surface area contributed by atoms with E-state index in [0.29, 0.717) is 11.3 Å². The summed E-state index contributed by atoms with van der Waals surface area (Å²) in [5.41, 5.74) is 1.17. The molecule has 0 aliphatic heterocycles. The number of hydrogen-bond acceptors (Lipinski definition) is 4. The predicted molar refractivity (Wildman–Crippen MR) is 106 cm³/mol. The Morgan fingerprint density at radius 1 is 1.00 bits per heavy atom. The molecule has 2 aromatic rings. The van der Waals surface area contributed by atoms with Gasteiger partial charge in [-0.2, -0.15) is 22.0 Å². The fourth-order valence-electron chi connectivity index (χ4n) is 2.53. The number of ether oxygens (including phenoxy) is 1. The maximum Gasteiger partial charge on any atom is 0.499 e. The van der Waals surface area contributed by atoms with E-state index in [1.54, 1.807) is 27.7 Å². The van der Waals surface area contributed by atoms with E-state index in [-0.39, 0.29) is 23.2 Å². The molecule has 0 aliphatic rings. The maximum atomic E-state index is 13.0. The Balaban J connectivity index is 2.09. The average molecular weight is 459 g/mol. The SMILES string of the molecule is Cc1cc(C(=O)NC(C)c2ccc(OC(F)(F)C(F)(F)F)cc2)cc(NC(=O)C(C)C)n1. The van der Waals surface area contributed by atoms with E-state index in [9.17, 15) is 31.5 Å². The zero-order valence-corrected chi connectivity index (χ0v) is 17.7. The molecule has 0 saturated carbocycles. The van der Waals surface area contributed by atoms with Crippen molar-refractivity contribution in [3.8, 4) is 5.75 Å². The smallest absolute Gasteiger partial charge is 0.426 e. The van der Waals surface area contributed by atoms with E-state index in [4.69, 9.17) is 0 Å². The Bertz CT molecular complexity index is 976. The summed E-state index contributed by atoms with van der Waals surface area (Å²) in [5, 5.41) is 5.30. The Kier molecular flexibility index (Phi) is 7.42. The van der Waals surface area contributed by atoms with Crippen LogP contribution in [0.3, 0.4) is 0 Å². The summed E-state index contributed by atoms with van der Waals surface area (Å²) in [4.78, 5) is 28.6. The van der Waals surface area contributed by atoms with Crippen molar-refractivity contribution in [1.29, 1.82) is 0 Å². The number of rotatable bonds is 7. The molecule has 2 amide bonds. The van der Waals surface area contributed by atoms with Crippen molar-refractivity contribution in [3.05, 3.63) is 53.2 Å². The van der Waals surface area contributed by atoms with Gasteiger partial charge in [-0.3, -0.25) is 9.59 Å². The van der Waals surface area contributed by atoms with Crippen LogP contribution in [0.1, 0.15) is 48.4 Å². The highest BCUT2D eigenvalue weighted by Gasteiger charge is 2.61. The van der Waals surface area contributed by atoms with Gasteiger partial charge in [0.25, 0.3) is 5.91 Å². The molecular weight excluding hydrogens is 437 g/mol. The van der Waals surface area contributed by atoms with Crippen LogP contribution in [0.4, 0.5) is 27.8 Å². The Hall–Kier alpha value is -3.24. The summed E-state index contributed by atoms with van der Waals surface area (Å²) in [5.74, 6) is -1.50. The monoisotopic (exact) mass is 459 g/mol. The molecule has 2 N–H and O–H groups in total. The van der Waals surface area contributed by atoms with E-state index < -0.39 is 30.0 Å². The van der Waals surface area contributed by atoms with Gasteiger partial charge in [0, 0.05) is 17.2 Å². The molecule has 1 aromatic heterocycles. The van der Waals surface area contributed by atoms with Crippen LogP contribution in [0.25, 0.3) is 0 Å². The number of hydrogen-bond donors (Lipinski definition) is 2. The third-order valence-corrected chi connectivity index (χ3v) is 4.29. The lowest BCUT2D eigenvalue weighted by molar-refractivity contribution is -0.360. The number of nitrogens with one attached hydrogen (secondary N) is 2. The zero-order valence-electron chi connectivity index (χ0n) is 17.7. The lowest BCUT2D eigenvalue weighted by Crippen LogP contribution is -2.41. The van der Waals surface area contributed by atoms with E-state index in [0.717, 1.165) is 12.1 Å². The Labute approximate surface area is 181 Å². The molecule has 6 nitrogen and oxygen atoms in total. The van der Waals surface area contributed by atoms with Crippen LogP contribution >= 0.6 is 0 Å². The fraction of sp³-hybridized carbons (Fsp3) is 0.381. The summed E-state index contributed by atoms with van der Waals surface area (Å²) >= 11 is 0. The number of halogens is 5. The van der Waals surface area contributed by atoms with Crippen molar-refractivity contribution in [2.24, 2.45) is 5.92 Å². The number of aromatic nitrogens is 1. The standard InChI is InChI=1S/C21H22F5N3O3/c1-11(2)18(30)29-17-10-15(9-12(3)27-17)19(31)28-13(4)14-5-7-16(8-6-14)32-21(25,26)20(22,23)24/h5-11,13H,1-4H3,(H,28,31)(H,27,29,30). The molecule has 32 heavy (non-hydrogen) atoms. The molecule has 1 heterocycles. The van der Waals surface area contributed by atoms with Crippen LogP contribution < -0.4 is 15.4 Å². The highest BCUT2D eigenvalue weighted by molar-refractivity contribution is 5.97. The number of benzene rings is 1. The lowest BCUT2D eigenvalue weighted by atomic mass is 10.1. The number of anilines is 1. The van der Waals surface area contributed by atoms with E-state index in [1.807, 2.05) is 0 Å². The van der Waals surface area contributed by atoms with E-state index in [2.05, 4.69) is 20.4 Å². The van der Waals surface area contributed by atoms with Gasteiger partial charge in [-0.1, -0.05) is 26.0 Å². The van der Waals surface area contributed by atoms with Crippen LogP contribution in [-0.4, -0.2) is 29.1 Å². The summed E-state index contributed by atoms with van der Waals surface area (Å²) in [6.07, 6.45) is -11.2. The first-order valence-electron chi connectivity index (χ1n) is 9.53. The topological polar surface area (TPSA) is 80.3 Å². The van der Waals surface area contributed by atoms with Crippen molar-refractivity contribution in [1.82, 2.24) is 10.3 Å². The number of carbonyl (C=O) groups is 2. The predicted octanol–water partition coefficient (Wildman–Crippen LogP) is 5.01. The van der Waals surface area contributed by atoms with Crippen molar-refractivity contribution in [2.75, 3.05) is 5.32 Å². The molecular formula is C21H22F5N3O3. The van der Waals surface area contributed by atoms with Gasteiger partial charge in [-0.15, -0.1) is 0 Å². The van der Waals surface area contributed by atoms with Crippen LogP contribution in [0, 0.1) is 12.8 Å². The van der Waals surface area contributed by atoms with Gasteiger partial charge in [-0.05, 0) is 43.7 Å². The first kappa shape index (κ1) is 25.0. The highest BCUT2D eigenvalue weighted by Crippen LogP contribution is 2.37. The minimum Gasteiger partial charge on any atom is -0.426 e. The third-order valence-electron chi connectivity index (χ3n) is 4.29. The van der Waals surface area contributed by atoms with Crippen molar-refractivity contribution in [3.63, 3.8) is 0 Å². The van der Waals surface area contributed by atoms with Crippen LogP contribution in [-0.2, 0) is 4.79 Å². The second-order valence-electron chi connectivity index (χ2n) is 7.41. The molecule has 0 saturated heterocycles. The molecule has 0 radical (unpaired) electrons. The third kappa shape index (κ3) is 6.38. The molecule has 0 fully saturated rings. The second kappa shape index (κ2) is 9.49. The average Bonchev–Trinajstić information content (AvgIpc) is 2.66. The van der Waals surface area contributed by atoms with Crippen LogP contribution in [0.5, 0.6) is 5.75 Å². The van der Waals surface area contributed by atoms with Gasteiger partial charge in [-0.25, -0.2) is 4.98 Å². The minimum atomic E-state index is -5.84. The summed E-state index contributed by atoms with van der Waals surface area (Å²) < 4.78 is 66.5. The van der Waals surface area contributed by atoms with Crippen molar-refractivity contribution >= 4 is 17.6 Å². The van der Waals surface area contributed by atoms with Crippen molar-refractivity contribution < 1.29 is 36.3 Å². The van der Waals surface area contributed by atoms with Gasteiger partial charge in [0.05, 0.1) is 6.04 Å². The largest absolute Gasteiger partial charge is 0.499 e. The minimum absolute atomic E-state index is 0.216. The number of carbonyl (C=O) groups excluding carboxylic acids is 2. The fourth-order valence-corrected chi connectivity index (χ4v) is 2.53. The van der Waals surface area contributed by atoms with E-state index >= 15 is 0 Å². The number of pyridine rings is 1. The van der Waals surface area contributed by atoms with E-state index in [1.165, 1.54) is 24.3 Å². The molecule has 1 aromatic carbocycles. The van der Waals surface area contributed by atoms with Gasteiger partial charge < -0.3 is 15.4 Å². The second-order valence-corrected chi connectivity index (χ2v) is 7.41. The van der Waals surface area contributed by atoms with Crippen LogP contribution in [0.2, 0.25) is 0 Å². The highest BCUT2D eigenvalue weighted by atomic mass is 19.4. The summed E-state index contributed by atoms with van der Waals surface area (Å²) in [6, 6.07) is 6.75. The van der Waals surface area contributed by atoms with Gasteiger partial charge in [0.1, 0.15) is 11.6 Å². The first-order valence-corrected chi connectivity index (χ1v) is 9.53. The molecule has 1 atom stereocenters. The number of nitrogens with zero attached hydrogens (tertiary/aromatic N) is 1. The first-order chi connectivity index (χ1) is 14.7. The maximum absolute atomic E-state index is 13.0. The normalized spacial score (nSPS) is 12.9. The summed E-state index contributed by atoms with van der Waals surface area (Å²) in [6.45, 7) is 6.68. The Morgan fingerprint density at radius 2 is 1.59 bits per heavy atom. The number of aryl methyl sites for hydroxylation is 1. The molecule has 174 valence electrons. The molecule has 0 aliphatic carbocycles. The lowest BCUT2D eigenvalue weighted by Gasteiger charge is -2.20. The molecule has 0 spiro atoms. The van der Waals surface area contributed by atoms with Gasteiger partial charge in [0.2, 0.25) is 5.91 Å². The molecule has 11 heteroatoms. The van der Waals surface area contributed by atoms with Crippen LogP contribution in [0.15, 0.2) is 36.4 Å². The van der Waals surface area contributed by atoms with Crippen molar-refractivity contribution in [2.45, 2.75) is 46.0 Å². The zero-order chi connectivity index (χ0) is 24.3. The molecule has 1 unspecified atom stereocenters. The molecule has 0 bridgehead atoms. The molecule has 2 rings (SSSR count). The van der Waals surface area contributed by atoms with Gasteiger partial charge in [0.15, 0.2) is 0 Å². The van der Waals surface area contributed by atoms with Gasteiger partial charge >= 0.3 is 12.3 Å². The quantitative estimate of drug-likeness (QED) is 0.571. The summed E-state index contributed by atoms with van der Waals surface area (Å²) in [7, 11) is 0.